The number of benzene rings is 2. The smallest absolute Gasteiger partial charge is 0.387 e. The minimum absolute atomic E-state index is 0.00848. The molecule has 0 unspecified atom stereocenters. The van der Waals surface area contributed by atoms with Gasteiger partial charge in [0.1, 0.15) is 5.75 Å². The number of amides is 1. The van der Waals surface area contributed by atoms with Crippen molar-refractivity contribution in [3.05, 3.63) is 64.6 Å². The quantitative estimate of drug-likeness (QED) is 0.562. The number of aromatic carboxylic acids is 1. The Balaban J connectivity index is 1.80. The molecule has 1 amide bonds. The van der Waals surface area contributed by atoms with Crippen LogP contribution in [0, 0.1) is 0 Å². The maximum atomic E-state index is 12.6. The van der Waals surface area contributed by atoms with Crippen LogP contribution >= 0.6 is 24.0 Å². The van der Waals surface area contributed by atoms with Crippen LogP contribution in [-0.2, 0) is 4.79 Å². The first-order valence-corrected chi connectivity index (χ1v) is 8.72. The fourth-order valence-corrected chi connectivity index (χ4v) is 3.63. The number of rotatable bonds is 5. The first-order valence-electron chi connectivity index (χ1n) is 7.49. The SMILES string of the molecule is O=C([O-])c1ccc(N2C(=O)/C(=C/c3ccc(OC(F)F)cc3)SC2=S)cc1. The lowest BCUT2D eigenvalue weighted by Gasteiger charge is -2.15. The minimum Gasteiger partial charge on any atom is -0.545 e. The number of halogens is 2. The number of alkyl halides is 2. The molecule has 0 spiro atoms. The standard InChI is InChI=1S/C18H11F2NO4S2/c19-17(20)25-13-7-1-10(2-8-13)9-14-15(22)21(18(26)27-14)12-5-3-11(4-6-12)16(23)24/h1-9,17H,(H,23,24)/p-1/b14-9-. The Labute approximate surface area is 162 Å². The lowest BCUT2D eigenvalue weighted by molar-refractivity contribution is -0.255. The molecule has 1 heterocycles. The first-order chi connectivity index (χ1) is 12.8. The average Bonchev–Trinajstić information content (AvgIpc) is 2.90. The Hall–Kier alpha value is -2.78. The van der Waals surface area contributed by atoms with E-state index in [1.807, 2.05) is 0 Å². The van der Waals surface area contributed by atoms with Crippen molar-refractivity contribution in [2.45, 2.75) is 6.61 Å². The summed E-state index contributed by atoms with van der Waals surface area (Å²) in [6.07, 6.45) is 1.58. The van der Waals surface area contributed by atoms with Crippen molar-refractivity contribution in [1.29, 1.82) is 0 Å². The van der Waals surface area contributed by atoms with E-state index in [1.165, 1.54) is 41.3 Å². The molecule has 0 N–H and O–H groups in total. The van der Waals surface area contributed by atoms with Gasteiger partial charge in [0.15, 0.2) is 4.32 Å². The predicted octanol–water partition coefficient (Wildman–Crippen LogP) is 3.06. The molecule has 0 bridgehead atoms. The Morgan fingerprint density at radius 2 is 1.78 bits per heavy atom. The molecule has 2 aromatic carbocycles. The van der Waals surface area contributed by atoms with Crippen LogP contribution in [0.25, 0.3) is 6.08 Å². The molecule has 0 aliphatic carbocycles. The van der Waals surface area contributed by atoms with Gasteiger partial charge in [-0.25, -0.2) is 0 Å². The second-order valence-electron chi connectivity index (χ2n) is 5.30. The van der Waals surface area contributed by atoms with Crippen LogP contribution in [-0.4, -0.2) is 22.8 Å². The summed E-state index contributed by atoms with van der Waals surface area (Å²) < 4.78 is 28.9. The third-order valence-corrected chi connectivity index (χ3v) is 4.86. The number of anilines is 1. The molecule has 3 rings (SSSR count). The van der Waals surface area contributed by atoms with Crippen molar-refractivity contribution in [2.24, 2.45) is 0 Å². The molecule has 1 saturated heterocycles. The van der Waals surface area contributed by atoms with Crippen LogP contribution in [0.15, 0.2) is 53.4 Å². The lowest BCUT2D eigenvalue weighted by Crippen LogP contribution is -2.28. The molecule has 138 valence electrons. The monoisotopic (exact) mass is 406 g/mol. The number of thiocarbonyl (C=S) groups is 1. The van der Waals surface area contributed by atoms with Gasteiger partial charge in [0.05, 0.1) is 16.6 Å². The van der Waals surface area contributed by atoms with Crippen LogP contribution in [0.2, 0.25) is 0 Å². The molecule has 0 radical (unpaired) electrons. The maximum Gasteiger partial charge on any atom is 0.387 e. The number of ether oxygens (including phenoxy) is 1. The van der Waals surface area contributed by atoms with Gasteiger partial charge in [0, 0.05) is 0 Å². The Bertz CT molecular complexity index is 927. The van der Waals surface area contributed by atoms with Crippen molar-refractivity contribution in [3.8, 4) is 5.75 Å². The fourth-order valence-electron chi connectivity index (χ4n) is 2.33. The zero-order valence-corrected chi connectivity index (χ0v) is 15.1. The first kappa shape index (κ1) is 19.0. The Morgan fingerprint density at radius 1 is 1.15 bits per heavy atom. The summed E-state index contributed by atoms with van der Waals surface area (Å²) in [5.41, 5.74) is 1.04. The van der Waals surface area contributed by atoms with Gasteiger partial charge >= 0.3 is 6.61 Å². The van der Waals surface area contributed by atoms with Crippen molar-refractivity contribution in [3.63, 3.8) is 0 Å². The van der Waals surface area contributed by atoms with E-state index in [4.69, 9.17) is 12.2 Å². The predicted molar refractivity (Wildman–Crippen MR) is 99.5 cm³/mol. The van der Waals surface area contributed by atoms with Crippen LogP contribution in [0.5, 0.6) is 5.75 Å². The van der Waals surface area contributed by atoms with Crippen LogP contribution < -0.4 is 14.7 Å². The van der Waals surface area contributed by atoms with Gasteiger partial charge < -0.3 is 14.6 Å². The number of nitrogens with zero attached hydrogens (tertiary/aromatic N) is 1. The topological polar surface area (TPSA) is 69.7 Å². The molecule has 0 saturated carbocycles. The summed E-state index contributed by atoms with van der Waals surface area (Å²) in [6, 6.07) is 11.4. The zero-order valence-electron chi connectivity index (χ0n) is 13.4. The second kappa shape index (κ2) is 7.85. The van der Waals surface area contributed by atoms with Gasteiger partial charge in [-0.1, -0.05) is 48.2 Å². The Kier molecular flexibility index (Phi) is 5.52. The van der Waals surface area contributed by atoms with Gasteiger partial charge in [-0.05, 0) is 41.5 Å². The summed E-state index contributed by atoms with van der Waals surface area (Å²) >= 11 is 6.33. The highest BCUT2D eigenvalue weighted by atomic mass is 32.2. The van der Waals surface area contributed by atoms with E-state index in [0.717, 1.165) is 11.8 Å². The summed E-state index contributed by atoms with van der Waals surface area (Å²) in [5, 5.41) is 10.8. The number of carbonyl (C=O) groups excluding carboxylic acids is 2. The van der Waals surface area contributed by atoms with Gasteiger partial charge in [0.2, 0.25) is 0 Å². The molecular weight excluding hydrogens is 396 g/mol. The maximum absolute atomic E-state index is 12.6. The average molecular weight is 406 g/mol. The number of carboxylic acids is 1. The van der Waals surface area contributed by atoms with Crippen LogP contribution in [0.4, 0.5) is 14.5 Å². The molecule has 1 aliphatic heterocycles. The third kappa shape index (κ3) is 4.32. The van der Waals surface area contributed by atoms with Crippen molar-refractivity contribution >= 4 is 51.9 Å². The highest BCUT2D eigenvalue weighted by Crippen LogP contribution is 2.36. The van der Waals surface area contributed by atoms with Crippen molar-refractivity contribution in [2.75, 3.05) is 4.90 Å². The number of carbonyl (C=O) groups is 2. The highest BCUT2D eigenvalue weighted by Gasteiger charge is 2.33. The third-order valence-electron chi connectivity index (χ3n) is 3.56. The van der Waals surface area contributed by atoms with Gasteiger partial charge in [-0.3, -0.25) is 9.69 Å². The van der Waals surface area contributed by atoms with Crippen molar-refractivity contribution in [1.82, 2.24) is 0 Å². The van der Waals surface area contributed by atoms with Gasteiger partial charge in [-0.2, -0.15) is 8.78 Å². The summed E-state index contributed by atoms with van der Waals surface area (Å²) in [7, 11) is 0. The largest absolute Gasteiger partial charge is 0.545 e. The number of hydrogen-bond acceptors (Lipinski definition) is 6. The zero-order chi connectivity index (χ0) is 19.6. The molecule has 9 heteroatoms. The van der Waals surface area contributed by atoms with E-state index in [9.17, 15) is 23.5 Å². The molecule has 1 fully saturated rings. The summed E-state index contributed by atoms with van der Waals surface area (Å²) in [4.78, 5) is 25.1. The molecular formula is C18H10F2NO4S2-. The molecule has 1 aliphatic rings. The number of carboxylic acid groups (broad SMARTS) is 1. The van der Waals surface area contributed by atoms with E-state index >= 15 is 0 Å². The van der Waals surface area contributed by atoms with E-state index in [-0.39, 0.29) is 17.2 Å². The van der Waals surface area contributed by atoms with Crippen LogP contribution in [0.3, 0.4) is 0 Å². The Morgan fingerprint density at radius 3 is 2.33 bits per heavy atom. The van der Waals surface area contributed by atoms with E-state index in [2.05, 4.69) is 4.74 Å². The van der Waals surface area contributed by atoms with Gasteiger partial charge in [-0.15, -0.1) is 0 Å². The highest BCUT2D eigenvalue weighted by molar-refractivity contribution is 8.27. The normalized spacial score (nSPS) is 15.7. The van der Waals surface area contributed by atoms with Gasteiger partial charge in [0.25, 0.3) is 5.91 Å². The number of thioether (sulfide) groups is 1. The molecule has 5 nitrogen and oxygen atoms in total. The fraction of sp³-hybridized carbons (Fsp3) is 0.0556. The summed E-state index contributed by atoms with van der Waals surface area (Å²) in [6.45, 7) is -2.91. The van der Waals surface area contributed by atoms with E-state index in [1.54, 1.807) is 18.2 Å². The summed E-state index contributed by atoms with van der Waals surface area (Å²) in [5.74, 6) is -1.66. The minimum atomic E-state index is -2.91. The molecule has 27 heavy (non-hydrogen) atoms. The molecule has 0 aromatic heterocycles. The molecule has 2 aromatic rings. The number of hydrogen-bond donors (Lipinski definition) is 0. The van der Waals surface area contributed by atoms with Crippen LogP contribution in [0.1, 0.15) is 15.9 Å². The van der Waals surface area contributed by atoms with E-state index in [0.29, 0.717) is 20.5 Å². The van der Waals surface area contributed by atoms with E-state index < -0.39 is 12.6 Å². The lowest BCUT2D eigenvalue weighted by atomic mass is 10.2. The molecule has 0 atom stereocenters. The second-order valence-corrected chi connectivity index (χ2v) is 6.97. The van der Waals surface area contributed by atoms with Crippen molar-refractivity contribution < 1.29 is 28.2 Å².